The van der Waals surface area contributed by atoms with E-state index in [2.05, 4.69) is 0 Å². The van der Waals surface area contributed by atoms with Crippen LogP contribution in [0.2, 0.25) is 0 Å². The highest BCUT2D eigenvalue weighted by Gasteiger charge is 2.08. The first kappa shape index (κ1) is 16.4. The maximum atomic E-state index is 13.3. The molecule has 0 aliphatic carbocycles. The van der Waals surface area contributed by atoms with Gasteiger partial charge >= 0.3 is 0 Å². The van der Waals surface area contributed by atoms with Gasteiger partial charge < -0.3 is 10.5 Å². The third-order valence-corrected chi connectivity index (χ3v) is 2.67. The van der Waals surface area contributed by atoms with Gasteiger partial charge in [0.15, 0.2) is 0 Å². The first-order valence-electron chi connectivity index (χ1n) is 6.09. The normalized spacial score (nSPS) is 9.95. The topological polar surface area (TPSA) is 35.2 Å². The van der Waals surface area contributed by atoms with Crippen LogP contribution in [0, 0.1) is 11.6 Å². The predicted molar refractivity (Wildman–Crippen MR) is 78.2 cm³/mol. The Morgan fingerprint density at radius 3 is 2.30 bits per heavy atom. The highest BCUT2D eigenvalue weighted by atomic mass is 35.5. The van der Waals surface area contributed by atoms with Crippen molar-refractivity contribution in [3.8, 4) is 16.9 Å². The Hall–Kier alpha value is -1.65. The summed E-state index contributed by atoms with van der Waals surface area (Å²) in [7, 11) is 0. The maximum Gasteiger partial charge on any atom is 0.127 e. The predicted octanol–water partition coefficient (Wildman–Crippen LogP) is 3.78. The lowest BCUT2D eigenvalue weighted by atomic mass is 10.0. The number of para-hydroxylation sites is 1. The summed E-state index contributed by atoms with van der Waals surface area (Å²) in [6.07, 6.45) is 0.728. The van der Waals surface area contributed by atoms with Gasteiger partial charge in [-0.1, -0.05) is 18.2 Å². The molecular formula is C15H16ClF2NO. The molecule has 2 aromatic carbocycles. The summed E-state index contributed by atoms with van der Waals surface area (Å²) in [6, 6.07) is 10.6. The smallest absolute Gasteiger partial charge is 0.127 e. The molecule has 2 aromatic rings. The van der Waals surface area contributed by atoms with Crippen molar-refractivity contribution in [2.45, 2.75) is 6.42 Å². The molecule has 0 saturated carbocycles. The van der Waals surface area contributed by atoms with E-state index >= 15 is 0 Å². The molecule has 0 fully saturated rings. The molecule has 0 atom stereocenters. The lowest BCUT2D eigenvalue weighted by Gasteiger charge is -2.11. The van der Waals surface area contributed by atoms with Crippen molar-refractivity contribution in [2.75, 3.05) is 13.2 Å². The van der Waals surface area contributed by atoms with Gasteiger partial charge in [0.1, 0.15) is 17.4 Å². The second kappa shape index (κ2) is 7.82. The van der Waals surface area contributed by atoms with E-state index in [1.54, 1.807) is 18.2 Å². The van der Waals surface area contributed by atoms with E-state index in [0.29, 0.717) is 30.0 Å². The fourth-order valence-corrected chi connectivity index (χ4v) is 1.81. The van der Waals surface area contributed by atoms with Crippen molar-refractivity contribution in [3.63, 3.8) is 0 Å². The Morgan fingerprint density at radius 2 is 1.65 bits per heavy atom. The Kier molecular flexibility index (Phi) is 6.42. The van der Waals surface area contributed by atoms with Crippen LogP contribution in [0.5, 0.6) is 5.75 Å². The lowest BCUT2D eigenvalue weighted by Crippen LogP contribution is -2.06. The van der Waals surface area contributed by atoms with Gasteiger partial charge in [0, 0.05) is 11.6 Å². The van der Waals surface area contributed by atoms with Crippen molar-refractivity contribution in [1.82, 2.24) is 0 Å². The van der Waals surface area contributed by atoms with Crippen molar-refractivity contribution in [2.24, 2.45) is 5.73 Å². The molecule has 108 valence electrons. The van der Waals surface area contributed by atoms with Crippen LogP contribution in [0.3, 0.4) is 0 Å². The monoisotopic (exact) mass is 299 g/mol. The van der Waals surface area contributed by atoms with Gasteiger partial charge in [0.25, 0.3) is 0 Å². The molecule has 20 heavy (non-hydrogen) atoms. The molecule has 0 heterocycles. The minimum absolute atomic E-state index is 0. The van der Waals surface area contributed by atoms with Crippen LogP contribution in [0.1, 0.15) is 6.42 Å². The van der Waals surface area contributed by atoms with Gasteiger partial charge in [-0.25, -0.2) is 8.78 Å². The molecule has 0 radical (unpaired) electrons. The minimum Gasteiger partial charge on any atom is -0.493 e. The van der Waals surface area contributed by atoms with Crippen molar-refractivity contribution in [1.29, 1.82) is 0 Å². The largest absolute Gasteiger partial charge is 0.493 e. The molecule has 0 bridgehead atoms. The van der Waals surface area contributed by atoms with E-state index < -0.39 is 11.6 Å². The second-order valence-corrected chi connectivity index (χ2v) is 4.14. The fourth-order valence-electron chi connectivity index (χ4n) is 1.81. The van der Waals surface area contributed by atoms with Crippen LogP contribution < -0.4 is 10.5 Å². The molecule has 2 rings (SSSR count). The Bertz CT molecular complexity index is 543. The summed E-state index contributed by atoms with van der Waals surface area (Å²) in [5.41, 5.74) is 6.53. The van der Waals surface area contributed by atoms with Gasteiger partial charge in [-0.15, -0.1) is 12.4 Å². The van der Waals surface area contributed by atoms with Crippen LogP contribution in [-0.2, 0) is 0 Å². The van der Waals surface area contributed by atoms with Crippen molar-refractivity contribution >= 4 is 12.4 Å². The third kappa shape index (κ3) is 4.18. The fraction of sp³-hybridized carbons (Fsp3) is 0.200. The van der Waals surface area contributed by atoms with E-state index in [-0.39, 0.29) is 12.4 Å². The van der Waals surface area contributed by atoms with Gasteiger partial charge in [0.2, 0.25) is 0 Å². The zero-order valence-corrected chi connectivity index (χ0v) is 11.6. The van der Waals surface area contributed by atoms with Gasteiger partial charge in [-0.3, -0.25) is 0 Å². The van der Waals surface area contributed by atoms with Gasteiger partial charge in [-0.2, -0.15) is 0 Å². The number of hydrogen-bond acceptors (Lipinski definition) is 2. The van der Waals surface area contributed by atoms with Crippen LogP contribution in [0.15, 0.2) is 42.5 Å². The van der Waals surface area contributed by atoms with Crippen molar-refractivity contribution in [3.05, 3.63) is 54.1 Å². The summed E-state index contributed by atoms with van der Waals surface area (Å²) >= 11 is 0. The van der Waals surface area contributed by atoms with Crippen LogP contribution in [0.4, 0.5) is 8.78 Å². The SMILES string of the molecule is Cl.NCCCOc1ccccc1-c1cc(F)cc(F)c1. The lowest BCUT2D eigenvalue weighted by molar-refractivity contribution is 0.314. The average Bonchev–Trinajstić information content (AvgIpc) is 2.38. The summed E-state index contributed by atoms with van der Waals surface area (Å²) in [6.45, 7) is 1.02. The van der Waals surface area contributed by atoms with E-state index in [0.717, 1.165) is 12.5 Å². The standard InChI is InChI=1S/C15H15F2NO.ClH/c16-12-8-11(9-13(17)10-12)14-4-1-2-5-15(14)19-7-3-6-18;/h1-2,4-5,8-10H,3,6-7,18H2;1H. The molecule has 0 aromatic heterocycles. The number of ether oxygens (including phenoxy) is 1. The summed E-state index contributed by atoms with van der Waals surface area (Å²) < 4.78 is 32.1. The Labute approximate surface area is 123 Å². The molecule has 0 spiro atoms. The molecule has 0 unspecified atom stereocenters. The molecule has 2 N–H and O–H groups in total. The second-order valence-electron chi connectivity index (χ2n) is 4.14. The van der Waals surface area contributed by atoms with Gasteiger partial charge in [0.05, 0.1) is 6.61 Å². The van der Waals surface area contributed by atoms with Crippen molar-refractivity contribution < 1.29 is 13.5 Å². The summed E-state index contributed by atoms with van der Waals surface area (Å²) in [5, 5.41) is 0. The van der Waals surface area contributed by atoms with E-state index in [1.807, 2.05) is 6.07 Å². The van der Waals surface area contributed by atoms with Crippen LogP contribution in [-0.4, -0.2) is 13.2 Å². The minimum atomic E-state index is -0.605. The Balaban J connectivity index is 0.00000200. The molecule has 0 saturated heterocycles. The van der Waals surface area contributed by atoms with E-state index in [4.69, 9.17) is 10.5 Å². The molecule has 0 amide bonds. The summed E-state index contributed by atoms with van der Waals surface area (Å²) in [5.74, 6) is -0.612. The average molecular weight is 300 g/mol. The number of benzene rings is 2. The number of rotatable bonds is 5. The summed E-state index contributed by atoms with van der Waals surface area (Å²) in [4.78, 5) is 0. The quantitative estimate of drug-likeness (QED) is 0.853. The molecule has 0 aliphatic rings. The Morgan fingerprint density at radius 1 is 1.00 bits per heavy atom. The van der Waals surface area contributed by atoms with E-state index in [1.165, 1.54) is 12.1 Å². The maximum absolute atomic E-state index is 13.3. The molecule has 2 nitrogen and oxygen atoms in total. The molecule has 0 aliphatic heterocycles. The third-order valence-electron chi connectivity index (χ3n) is 2.67. The number of halogens is 3. The van der Waals surface area contributed by atoms with Crippen LogP contribution >= 0.6 is 12.4 Å². The highest BCUT2D eigenvalue weighted by Crippen LogP contribution is 2.30. The van der Waals surface area contributed by atoms with Crippen LogP contribution in [0.25, 0.3) is 11.1 Å². The van der Waals surface area contributed by atoms with Gasteiger partial charge in [-0.05, 0) is 36.7 Å². The van der Waals surface area contributed by atoms with E-state index in [9.17, 15) is 8.78 Å². The molecular weight excluding hydrogens is 284 g/mol. The first-order chi connectivity index (χ1) is 9.20. The first-order valence-corrected chi connectivity index (χ1v) is 6.09. The zero-order chi connectivity index (χ0) is 13.7. The highest BCUT2D eigenvalue weighted by molar-refractivity contribution is 5.85. The molecule has 5 heteroatoms. The zero-order valence-electron chi connectivity index (χ0n) is 10.8. The number of hydrogen-bond donors (Lipinski definition) is 1. The number of nitrogens with two attached hydrogens (primary N) is 1.